The molecule has 0 saturated carbocycles. The van der Waals surface area contributed by atoms with E-state index in [2.05, 4.69) is 15.9 Å². The largest absolute Gasteiger partial charge is 0.481 e. The minimum Gasteiger partial charge on any atom is -0.481 e. The molecule has 2 aromatic carbocycles. The monoisotopic (exact) mass is 542 g/mol. The van der Waals surface area contributed by atoms with Gasteiger partial charge in [-0.05, 0) is 81.5 Å². The van der Waals surface area contributed by atoms with Gasteiger partial charge in [-0.15, -0.1) is 11.3 Å². The number of hydrogen-bond donors (Lipinski definition) is 1. The standard InChI is InChI=1S/C27H28BrFN2O2S/c1-17-8-11-24(34-17)25(22-15-18-14-20(28)9-10-23(18)30-26(22)33-4)27(32,12-13-31(2)3)19-6-5-7-21(29)16-19/h5-11,14-16,25,32H,12-13H2,1-4H3. The summed E-state index contributed by atoms with van der Waals surface area (Å²) in [6.07, 6.45) is 0.394. The average molecular weight is 544 g/mol. The fraction of sp³-hybridized carbons (Fsp3) is 0.296. The van der Waals surface area contributed by atoms with Gasteiger partial charge in [0.05, 0.1) is 18.5 Å². The molecule has 34 heavy (non-hydrogen) atoms. The summed E-state index contributed by atoms with van der Waals surface area (Å²) in [5.41, 5.74) is 0.688. The van der Waals surface area contributed by atoms with Crippen LogP contribution in [0, 0.1) is 12.7 Å². The topological polar surface area (TPSA) is 45.6 Å². The number of ether oxygens (including phenoxy) is 1. The van der Waals surface area contributed by atoms with Gasteiger partial charge in [0.15, 0.2) is 0 Å². The van der Waals surface area contributed by atoms with E-state index in [1.54, 1.807) is 30.6 Å². The number of benzene rings is 2. The van der Waals surface area contributed by atoms with Gasteiger partial charge in [0.2, 0.25) is 5.88 Å². The van der Waals surface area contributed by atoms with E-state index in [1.165, 1.54) is 12.1 Å². The molecule has 4 aromatic rings. The van der Waals surface area contributed by atoms with E-state index >= 15 is 0 Å². The van der Waals surface area contributed by atoms with Crippen molar-refractivity contribution in [1.82, 2.24) is 9.88 Å². The Morgan fingerprint density at radius 3 is 2.59 bits per heavy atom. The maximum absolute atomic E-state index is 14.4. The summed E-state index contributed by atoms with van der Waals surface area (Å²) in [4.78, 5) is 8.89. The molecule has 4 rings (SSSR count). The Kier molecular flexibility index (Phi) is 7.38. The van der Waals surface area contributed by atoms with Crippen molar-refractivity contribution in [3.63, 3.8) is 0 Å². The molecule has 2 unspecified atom stereocenters. The molecule has 2 aromatic heterocycles. The van der Waals surface area contributed by atoms with Crippen LogP contribution in [0.3, 0.4) is 0 Å². The van der Waals surface area contributed by atoms with Crippen LogP contribution in [-0.2, 0) is 5.60 Å². The predicted molar refractivity (Wildman–Crippen MR) is 140 cm³/mol. The zero-order chi connectivity index (χ0) is 24.5. The lowest BCUT2D eigenvalue weighted by atomic mass is 9.74. The molecule has 4 nitrogen and oxygen atoms in total. The van der Waals surface area contributed by atoms with E-state index in [1.807, 2.05) is 62.3 Å². The van der Waals surface area contributed by atoms with Gasteiger partial charge in [0, 0.05) is 31.7 Å². The van der Waals surface area contributed by atoms with Crippen molar-refractivity contribution < 1.29 is 14.2 Å². The minimum absolute atomic E-state index is 0.380. The maximum Gasteiger partial charge on any atom is 0.217 e. The van der Waals surface area contributed by atoms with Crippen molar-refractivity contribution in [2.45, 2.75) is 24.9 Å². The van der Waals surface area contributed by atoms with Gasteiger partial charge >= 0.3 is 0 Å². The third kappa shape index (κ3) is 5.03. The van der Waals surface area contributed by atoms with Crippen LogP contribution in [0.4, 0.5) is 4.39 Å². The fourth-order valence-corrected chi connectivity index (χ4v) is 5.84. The molecule has 0 radical (unpaired) electrons. The van der Waals surface area contributed by atoms with Crippen molar-refractivity contribution in [2.24, 2.45) is 0 Å². The SMILES string of the molecule is COc1nc2ccc(Br)cc2cc1C(c1ccc(C)s1)C(O)(CCN(C)C)c1cccc(F)c1. The molecule has 0 fully saturated rings. The Morgan fingerprint density at radius 1 is 1.15 bits per heavy atom. The van der Waals surface area contributed by atoms with Gasteiger partial charge in [0.25, 0.3) is 0 Å². The number of rotatable bonds is 8. The summed E-state index contributed by atoms with van der Waals surface area (Å²) in [5, 5.41) is 13.4. The first-order valence-electron chi connectivity index (χ1n) is 11.0. The minimum atomic E-state index is -1.40. The zero-order valence-electron chi connectivity index (χ0n) is 19.7. The van der Waals surface area contributed by atoms with Crippen LogP contribution < -0.4 is 4.74 Å². The lowest BCUT2D eigenvalue weighted by molar-refractivity contribution is 0.00446. The third-order valence-electron chi connectivity index (χ3n) is 6.06. The Bertz CT molecular complexity index is 1310. The third-order valence-corrected chi connectivity index (χ3v) is 7.62. The van der Waals surface area contributed by atoms with Gasteiger partial charge in [-0.2, -0.15) is 0 Å². The quantitative estimate of drug-likeness (QED) is 0.276. The lowest BCUT2D eigenvalue weighted by Gasteiger charge is -2.38. The Hall–Kier alpha value is -2.32. The molecule has 0 bridgehead atoms. The molecule has 0 aliphatic rings. The van der Waals surface area contributed by atoms with Crippen LogP contribution in [0.5, 0.6) is 5.88 Å². The molecular formula is C27H28BrFN2O2S. The smallest absolute Gasteiger partial charge is 0.217 e. The van der Waals surface area contributed by atoms with Crippen LogP contribution >= 0.6 is 27.3 Å². The first kappa shape index (κ1) is 24.8. The second-order valence-corrected chi connectivity index (χ2v) is 11.0. The number of fused-ring (bicyclic) bond motifs is 1. The molecule has 0 spiro atoms. The maximum atomic E-state index is 14.4. The van der Waals surface area contributed by atoms with E-state index in [0.717, 1.165) is 30.7 Å². The highest BCUT2D eigenvalue weighted by atomic mass is 79.9. The van der Waals surface area contributed by atoms with Gasteiger partial charge in [-0.1, -0.05) is 28.1 Å². The van der Waals surface area contributed by atoms with Gasteiger partial charge in [-0.3, -0.25) is 0 Å². The second-order valence-electron chi connectivity index (χ2n) is 8.79. The van der Waals surface area contributed by atoms with Crippen molar-refractivity contribution in [3.8, 4) is 5.88 Å². The molecule has 7 heteroatoms. The van der Waals surface area contributed by atoms with E-state index in [0.29, 0.717) is 24.4 Å². The van der Waals surface area contributed by atoms with E-state index in [-0.39, 0.29) is 5.82 Å². The summed E-state index contributed by atoms with van der Waals surface area (Å²) in [5.74, 6) is -0.446. The number of aryl methyl sites for hydroxylation is 1. The van der Waals surface area contributed by atoms with Gasteiger partial charge < -0.3 is 14.7 Å². The molecule has 0 aliphatic heterocycles. The van der Waals surface area contributed by atoms with E-state index in [4.69, 9.17) is 9.72 Å². The summed E-state index contributed by atoms with van der Waals surface area (Å²) in [6, 6.07) is 18.3. The highest BCUT2D eigenvalue weighted by Gasteiger charge is 2.43. The Labute approximate surface area is 212 Å². The number of methoxy groups -OCH3 is 1. The van der Waals surface area contributed by atoms with Crippen LogP contribution in [-0.4, -0.2) is 42.7 Å². The summed E-state index contributed by atoms with van der Waals surface area (Å²) < 4.78 is 21.1. The molecule has 1 N–H and O–H groups in total. The van der Waals surface area contributed by atoms with Crippen molar-refractivity contribution in [1.29, 1.82) is 0 Å². The summed E-state index contributed by atoms with van der Waals surface area (Å²) in [7, 11) is 5.52. The number of thiophene rings is 1. The van der Waals surface area contributed by atoms with Crippen molar-refractivity contribution in [3.05, 3.63) is 91.8 Å². The van der Waals surface area contributed by atoms with Crippen LogP contribution in [0.15, 0.2) is 65.1 Å². The number of pyridine rings is 1. The molecule has 2 atom stereocenters. The Morgan fingerprint density at radius 2 is 1.94 bits per heavy atom. The normalized spacial score (nSPS) is 14.4. The van der Waals surface area contributed by atoms with Crippen LogP contribution in [0.2, 0.25) is 0 Å². The number of halogens is 2. The number of nitrogens with zero attached hydrogens (tertiary/aromatic N) is 2. The van der Waals surface area contributed by atoms with Crippen LogP contribution in [0.25, 0.3) is 10.9 Å². The van der Waals surface area contributed by atoms with Crippen LogP contribution in [0.1, 0.15) is 33.2 Å². The molecule has 2 heterocycles. The average Bonchev–Trinajstić information content (AvgIpc) is 3.22. The number of aromatic nitrogens is 1. The second kappa shape index (κ2) is 10.1. The predicted octanol–water partition coefficient (Wildman–Crippen LogP) is 6.49. The molecule has 178 valence electrons. The summed E-state index contributed by atoms with van der Waals surface area (Å²) in [6.45, 7) is 2.65. The molecule has 0 saturated heterocycles. The molecule has 0 amide bonds. The van der Waals surface area contributed by atoms with E-state index < -0.39 is 11.5 Å². The van der Waals surface area contributed by atoms with Gasteiger partial charge in [-0.25, -0.2) is 9.37 Å². The number of aliphatic hydroxyl groups is 1. The lowest BCUT2D eigenvalue weighted by Crippen LogP contribution is -2.37. The van der Waals surface area contributed by atoms with Crippen molar-refractivity contribution in [2.75, 3.05) is 27.7 Å². The number of hydrogen-bond acceptors (Lipinski definition) is 5. The first-order valence-corrected chi connectivity index (χ1v) is 12.7. The molecule has 0 aliphatic carbocycles. The summed E-state index contributed by atoms with van der Waals surface area (Å²) >= 11 is 5.17. The highest BCUT2D eigenvalue weighted by molar-refractivity contribution is 9.10. The highest BCUT2D eigenvalue weighted by Crippen LogP contribution is 2.49. The van der Waals surface area contributed by atoms with Gasteiger partial charge in [0.1, 0.15) is 11.4 Å². The fourth-order valence-electron chi connectivity index (χ4n) is 4.38. The van der Waals surface area contributed by atoms with Crippen molar-refractivity contribution >= 4 is 38.2 Å². The first-order chi connectivity index (χ1) is 16.2. The Balaban J connectivity index is 2.02. The van der Waals surface area contributed by atoms with E-state index in [9.17, 15) is 9.50 Å². The molecular weight excluding hydrogens is 515 g/mol. The zero-order valence-corrected chi connectivity index (χ0v) is 22.1.